The predicted octanol–water partition coefficient (Wildman–Crippen LogP) is 2.54. The van der Waals surface area contributed by atoms with E-state index in [9.17, 15) is 9.59 Å². The Labute approximate surface area is 154 Å². The van der Waals surface area contributed by atoms with E-state index < -0.39 is 0 Å². The Bertz CT molecular complexity index is 783. The lowest BCUT2D eigenvalue weighted by atomic mass is 10.1. The number of hydrogen-bond acceptors (Lipinski definition) is 3. The maximum Gasteiger partial charge on any atom is 0.268 e. The second-order valence-electron chi connectivity index (χ2n) is 6.34. The van der Waals surface area contributed by atoms with Gasteiger partial charge in [0.25, 0.3) is 5.91 Å². The zero-order valence-electron chi connectivity index (χ0n) is 15.5. The molecule has 0 aliphatic carbocycles. The number of rotatable bonds is 7. The molecule has 2 N–H and O–H groups in total. The van der Waals surface area contributed by atoms with E-state index in [-0.39, 0.29) is 17.5 Å². The molecule has 2 rings (SSSR count). The monoisotopic (exact) mass is 351 g/mol. The van der Waals surface area contributed by atoms with E-state index in [0.717, 1.165) is 23.2 Å². The molecule has 0 saturated carbocycles. The van der Waals surface area contributed by atoms with Gasteiger partial charge in [0.1, 0.15) is 5.70 Å². The SMILES string of the molecule is CC(=O)N/C(=C\c1ccccc1)C(=O)NCc1ccccc1CN(C)C. The van der Waals surface area contributed by atoms with Gasteiger partial charge in [-0.05, 0) is 36.9 Å². The highest BCUT2D eigenvalue weighted by atomic mass is 16.2. The van der Waals surface area contributed by atoms with Gasteiger partial charge in [0.2, 0.25) is 5.91 Å². The van der Waals surface area contributed by atoms with E-state index >= 15 is 0 Å². The highest BCUT2D eigenvalue weighted by Gasteiger charge is 2.12. The normalized spacial score (nSPS) is 11.3. The largest absolute Gasteiger partial charge is 0.347 e. The first-order valence-electron chi connectivity index (χ1n) is 8.49. The topological polar surface area (TPSA) is 61.4 Å². The van der Waals surface area contributed by atoms with Crippen LogP contribution in [-0.4, -0.2) is 30.8 Å². The van der Waals surface area contributed by atoms with Crippen molar-refractivity contribution in [3.8, 4) is 0 Å². The molecule has 0 atom stereocenters. The fourth-order valence-electron chi connectivity index (χ4n) is 2.56. The van der Waals surface area contributed by atoms with Crippen molar-refractivity contribution in [1.82, 2.24) is 15.5 Å². The van der Waals surface area contributed by atoms with E-state index in [0.29, 0.717) is 6.54 Å². The summed E-state index contributed by atoms with van der Waals surface area (Å²) >= 11 is 0. The molecule has 0 saturated heterocycles. The van der Waals surface area contributed by atoms with Gasteiger partial charge in [-0.1, -0.05) is 54.6 Å². The van der Waals surface area contributed by atoms with Gasteiger partial charge in [0, 0.05) is 20.0 Å². The summed E-state index contributed by atoms with van der Waals surface area (Å²) in [5.41, 5.74) is 3.29. The molecule has 0 heterocycles. The number of carbonyl (C=O) groups is 2. The minimum Gasteiger partial charge on any atom is -0.347 e. The predicted molar refractivity (Wildman–Crippen MR) is 104 cm³/mol. The van der Waals surface area contributed by atoms with Crippen molar-refractivity contribution < 1.29 is 9.59 Å². The van der Waals surface area contributed by atoms with Crippen LogP contribution >= 0.6 is 0 Å². The molecule has 0 unspecified atom stereocenters. The third kappa shape index (κ3) is 6.18. The molecule has 0 spiro atoms. The average molecular weight is 351 g/mol. The van der Waals surface area contributed by atoms with E-state index in [4.69, 9.17) is 0 Å². The van der Waals surface area contributed by atoms with Gasteiger partial charge in [-0.15, -0.1) is 0 Å². The third-order valence-corrected chi connectivity index (χ3v) is 3.71. The molecule has 2 aromatic rings. The Hall–Kier alpha value is -2.92. The number of nitrogens with one attached hydrogen (secondary N) is 2. The van der Waals surface area contributed by atoms with E-state index in [1.807, 2.05) is 62.6 Å². The standard InChI is InChI=1S/C21H25N3O2/c1-16(25)23-20(13-17-9-5-4-6-10-17)21(26)22-14-18-11-7-8-12-19(18)15-24(2)3/h4-13H,14-15H2,1-3H3,(H,22,26)(H,23,25)/b20-13-. The summed E-state index contributed by atoms with van der Waals surface area (Å²) < 4.78 is 0. The second kappa shape index (κ2) is 9.53. The van der Waals surface area contributed by atoms with Crippen LogP contribution in [0.4, 0.5) is 0 Å². The second-order valence-corrected chi connectivity index (χ2v) is 6.34. The molecule has 26 heavy (non-hydrogen) atoms. The molecule has 5 nitrogen and oxygen atoms in total. The number of amides is 2. The van der Waals surface area contributed by atoms with Crippen molar-refractivity contribution >= 4 is 17.9 Å². The van der Waals surface area contributed by atoms with Crippen LogP contribution in [0.25, 0.3) is 6.08 Å². The molecule has 5 heteroatoms. The summed E-state index contributed by atoms with van der Waals surface area (Å²) in [5.74, 6) is -0.598. The number of carbonyl (C=O) groups excluding carboxylic acids is 2. The highest BCUT2D eigenvalue weighted by Crippen LogP contribution is 2.11. The molecule has 0 aliphatic rings. The van der Waals surface area contributed by atoms with Crippen LogP contribution < -0.4 is 10.6 Å². The summed E-state index contributed by atoms with van der Waals surface area (Å²) in [6.45, 7) is 2.58. The number of benzene rings is 2. The minimum atomic E-state index is -0.316. The summed E-state index contributed by atoms with van der Waals surface area (Å²) in [4.78, 5) is 26.1. The van der Waals surface area contributed by atoms with Crippen LogP contribution in [0.2, 0.25) is 0 Å². The van der Waals surface area contributed by atoms with Gasteiger partial charge in [-0.3, -0.25) is 9.59 Å². The Kier molecular flexibility index (Phi) is 7.12. The quantitative estimate of drug-likeness (QED) is 0.754. The van der Waals surface area contributed by atoms with Crippen LogP contribution in [0.1, 0.15) is 23.6 Å². The van der Waals surface area contributed by atoms with Crippen LogP contribution in [0, 0.1) is 0 Å². The van der Waals surface area contributed by atoms with Crippen molar-refractivity contribution in [3.63, 3.8) is 0 Å². The Balaban J connectivity index is 2.13. The molecule has 136 valence electrons. The zero-order valence-corrected chi connectivity index (χ0v) is 15.5. The summed E-state index contributed by atoms with van der Waals surface area (Å²) in [7, 11) is 4.01. The van der Waals surface area contributed by atoms with Crippen molar-refractivity contribution in [1.29, 1.82) is 0 Å². The molecule has 0 aromatic heterocycles. The van der Waals surface area contributed by atoms with Crippen LogP contribution in [0.3, 0.4) is 0 Å². The number of hydrogen-bond donors (Lipinski definition) is 2. The third-order valence-electron chi connectivity index (χ3n) is 3.71. The summed E-state index contributed by atoms with van der Waals surface area (Å²) in [6.07, 6.45) is 1.67. The molecule has 2 aromatic carbocycles. The van der Waals surface area contributed by atoms with Crippen molar-refractivity contribution in [2.45, 2.75) is 20.0 Å². The summed E-state index contributed by atoms with van der Waals surface area (Å²) in [5, 5.41) is 5.51. The van der Waals surface area contributed by atoms with Gasteiger partial charge in [0.05, 0.1) is 0 Å². The van der Waals surface area contributed by atoms with Crippen LogP contribution in [0.15, 0.2) is 60.3 Å². The van der Waals surface area contributed by atoms with Crippen LogP contribution in [0.5, 0.6) is 0 Å². The van der Waals surface area contributed by atoms with Gasteiger partial charge < -0.3 is 15.5 Å². The molecule has 0 radical (unpaired) electrons. The van der Waals surface area contributed by atoms with Gasteiger partial charge in [-0.2, -0.15) is 0 Å². The van der Waals surface area contributed by atoms with Gasteiger partial charge >= 0.3 is 0 Å². The number of nitrogens with zero attached hydrogens (tertiary/aromatic N) is 1. The first kappa shape index (κ1) is 19.4. The Morgan fingerprint density at radius 3 is 2.19 bits per heavy atom. The average Bonchev–Trinajstić information content (AvgIpc) is 2.60. The van der Waals surface area contributed by atoms with E-state index in [1.165, 1.54) is 6.92 Å². The van der Waals surface area contributed by atoms with Crippen LogP contribution in [-0.2, 0) is 22.7 Å². The lowest BCUT2D eigenvalue weighted by Gasteiger charge is -2.15. The van der Waals surface area contributed by atoms with E-state index in [2.05, 4.69) is 21.6 Å². The fraction of sp³-hybridized carbons (Fsp3) is 0.238. The lowest BCUT2D eigenvalue weighted by molar-refractivity contribution is -0.122. The van der Waals surface area contributed by atoms with Gasteiger partial charge in [0.15, 0.2) is 0 Å². The Morgan fingerprint density at radius 1 is 0.962 bits per heavy atom. The molecule has 0 aliphatic heterocycles. The smallest absolute Gasteiger partial charge is 0.268 e. The van der Waals surface area contributed by atoms with Crippen molar-refractivity contribution in [2.24, 2.45) is 0 Å². The zero-order chi connectivity index (χ0) is 18.9. The summed E-state index contributed by atoms with van der Waals surface area (Å²) in [6, 6.07) is 17.4. The highest BCUT2D eigenvalue weighted by molar-refractivity contribution is 6.00. The van der Waals surface area contributed by atoms with Gasteiger partial charge in [-0.25, -0.2) is 0 Å². The Morgan fingerprint density at radius 2 is 1.58 bits per heavy atom. The minimum absolute atomic E-state index is 0.230. The van der Waals surface area contributed by atoms with E-state index in [1.54, 1.807) is 6.08 Å². The van der Waals surface area contributed by atoms with Crippen molar-refractivity contribution in [2.75, 3.05) is 14.1 Å². The molecule has 2 amide bonds. The molecule has 0 bridgehead atoms. The fourth-order valence-corrected chi connectivity index (χ4v) is 2.56. The van der Waals surface area contributed by atoms with Crippen molar-refractivity contribution in [3.05, 3.63) is 77.0 Å². The molecular weight excluding hydrogens is 326 g/mol. The molecule has 0 fully saturated rings. The molecular formula is C21H25N3O2. The first-order chi connectivity index (χ1) is 12.5. The first-order valence-corrected chi connectivity index (χ1v) is 8.49. The maximum absolute atomic E-state index is 12.6. The maximum atomic E-state index is 12.6. The lowest BCUT2D eigenvalue weighted by Crippen LogP contribution is -2.33.